The molecular formula is C16H18Cl2N2O2. The molecule has 1 aromatic carbocycles. The maximum atomic E-state index is 12.0. The third-order valence-corrected chi connectivity index (χ3v) is 5.39. The zero-order valence-electron chi connectivity index (χ0n) is 12.1. The van der Waals surface area contributed by atoms with Crippen molar-refractivity contribution in [3.05, 3.63) is 33.8 Å². The number of hydrogen-bond acceptors (Lipinski definition) is 2. The maximum Gasteiger partial charge on any atom is 0.271 e. The summed E-state index contributed by atoms with van der Waals surface area (Å²) in [6.45, 7) is 0. The predicted molar refractivity (Wildman–Crippen MR) is 85.6 cm³/mol. The van der Waals surface area contributed by atoms with Crippen LogP contribution in [0.15, 0.2) is 18.2 Å². The molecule has 118 valence electrons. The lowest BCUT2D eigenvalue weighted by Gasteiger charge is -2.20. The first-order valence-corrected chi connectivity index (χ1v) is 8.32. The molecule has 6 heteroatoms. The number of nitrogens with one attached hydrogen (secondary N) is 2. The molecule has 2 fully saturated rings. The zero-order valence-corrected chi connectivity index (χ0v) is 13.6. The molecule has 2 saturated carbocycles. The number of rotatable bonds is 3. The number of carbonyl (C=O) groups excluding carboxylic acids is 2. The second-order valence-corrected chi connectivity index (χ2v) is 7.11. The Morgan fingerprint density at radius 3 is 2.64 bits per heavy atom. The Labute approximate surface area is 139 Å². The molecule has 4 nitrogen and oxygen atoms in total. The van der Waals surface area contributed by atoms with Gasteiger partial charge in [0.1, 0.15) is 0 Å². The van der Waals surface area contributed by atoms with Gasteiger partial charge in [0.25, 0.3) is 5.91 Å². The van der Waals surface area contributed by atoms with Gasteiger partial charge in [-0.2, -0.15) is 0 Å². The number of carbonyl (C=O) groups is 2. The topological polar surface area (TPSA) is 58.2 Å². The number of amides is 2. The Balaban J connectivity index is 1.50. The number of hydrazine groups is 1. The second kappa shape index (κ2) is 6.47. The molecule has 22 heavy (non-hydrogen) atoms. The van der Waals surface area contributed by atoms with Crippen molar-refractivity contribution < 1.29 is 9.59 Å². The van der Waals surface area contributed by atoms with E-state index in [0.29, 0.717) is 28.3 Å². The lowest BCUT2D eigenvalue weighted by Crippen LogP contribution is -2.42. The van der Waals surface area contributed by atoms with E-state index in [1.54, 1.807) is 12.1 Å². The summed E-state index contributed by atoms with van der Waals surface area (Å²) in [6.07, 6.45) is 5.44. The van der Waals surface area contributed by atoms with Gasteiger partial charge in [-0.1, -0.05) is 29.6 Å². The Morgan fingerprint density at radius 2 is 1.95 bits per heavy atom. The maximum absolute atomic E-state index is 12.0. The van der Waals surface area contributed by atoms with Gasteiger partial charge in [0.15, 0.2) is 0 Å². The van der Waals surface area contributed by atoms with Crippen molar-refractivity contribution in [1.29, 1.82) is 0 Å². The third kappa shape index (κ3) is 3.39. The van der Waals surface area contributed by atoms with Crippen LogP contribution in [0.4, 0.5) is 0 Å². The first kappa shape index (κ1) is 15.6. The van der Waals surface area contributed by atoms with Gasteiger partial charge in [0, 0.05) is 11.4 Å². The minimum absolute atomic E-state index is 0.149. The lowest BCUT2D eigenvalue weighted by atomic mass is 9.86. The fraction of sp³-hybridized carbons (Fsp3) is 0.500. The highest BCUT2D eigenvalue weighted by Gasteiger charge is 2.40. The lowest BCUT2D eigenvalue weighted by molar-refractivity contribution is -0.123. The molecule has 0 heterocycles. The molecule has 0 aliphatic heterocycles. The second-order valence-electron chi connectivity index (χ2n) is 6.27. The van der Waals surface area contributed by atoms with Crippen LogP contribution < -0.4 is 10.9 Å². The molecule has 2 amide bonds. The van der Waals surface area contributed by atoms with Crippen molar-refractivity contribution in [1.82, 2.24) is 10.9 Å². The van der Waals surface area contributed by atoms with Crippen LogP contribution in [-0.2, 0) is 4.79 Å². The first-order chi connectivity index (χ1) is 10.5. The molecule has 3 atom stereocenters. The van der Waals surface area contributed by atoms with E-state index in [9.17, 15) is 9.59 Å². The van der Waals surface area contributed by atoms with Crippen molar-refractivity contribution in [2.45, 2.75) is 32.1 Å². The molecule has 2 N–H and O–H groups in total. The normalized spacial score (nSPS) is 26.0. The van der Waals surface area contributed by atoms with Crippen molar-refractivity contribution >= 4 is 35.0 Å². The highest BCUT2D eigenvalue weighted by atomic mass is 35.5. The predicted octanol–water partition coefficient (Wildman–Crippen LogP) is 3.58. The van der Waals surface area contributed by atoms with Crippen LogP contribution in [0.5, 0.6) is 0 Å². The molecule has 0 radical (unpaired) electrons. The van der Waals surface area contributed by atoms with Crippen molar-refractivity contribution in [3.63, 3.8) is 0 Å². The highest BCUT2D eigenvalue weighted by molar-refractivity contribution is 6.35. The molecule has 0 unspecified atom stereocenters. The van der Waals surface area contributed by atoms with E-state index in [4.69, 9.17) is 23.2 Å². The van der Waals surface area contributed by atoms with Gasteiger partial charge in [-0.15, -0.1) is 0 Å². The average molecular weight is 341 g/mol. The number of hydrogen-bond donors (Lipinski definition) is 2. The van der Waals surface area contributed by atoms with E-state index >= 15 is 0 Å². The smallest absolute Gasteiger partial charge is 0.271 e. The highest BCUT2D eigenvalue weighted by Crippen LogP contribution is 2.49. The van der Waals surface area contributed by atoms with E-state index < -0.39 is 5.91 Å². The molecule has 2 bridgehead atoms. The van der Waals surface area contributed by atoms with Gasteiger partial charge in [-0.05, 0) is 55.2 Å². The molecule has 0 saturated heterocycles. The summed E-state index contributed by atoms with van der Waals surface area (Å²) in [5.41, 5.74) is 5.12. The molecule has 0 spiro atoms. The van der Waals surface area contributed by atoms with Crippen LogP contribution in [0.3, 0.4) is 0 Å². The van der Waals surface area contributed by atoms with Crippen LogP contribution in [0, 0.1) is 17.8 Å². The standard InChI is InChI=1S/C16H18Cl2N2O2/c17-12-3-4-14(18)13(8-12)16(22)20-19-15(21)7-11-6-9-1-2-10(11)5-9/h3-4,8-11H,1-2,5-7H2,(H,19,21)(H,20,22)/t9-,10+,11-/m0/s1. The summed E-state index contributed by atoms with van der Waals surface area (Å²) in [5, 5.41) is 0.715. The van der Waals surface area contributed by atoms with Crippen molar-refractivity contribution in [2.24, 2.45) is 17.8 Å². The molecule has 0 aromatic heterocycles. The Kier molecular flexibility index (Phi) is 4.59. The fourth-order valence-electron chi connectivity index (χ4n) is 3.78. The summed E-state index contributed by atoms with van der Waals surface area (Å²) in [6, 6.07) is 4.63. The van der Waals surface area contributed by atoms with E-state index in [0.717, 1.165) is 12.3 Å². The minimum Gasteiger partial charge on any atom is -0.273 e. The fourth-order valence-corrected chi connectivity index (χ4v) is 4.16. The van der Waals surface area contributed by atoms with Crippen molar-refractivity contribution in [3.8, 4) is 0 Å². The average Bonchev–Trinajstić information content (AvgIpc) is 3.10. The summed E-state index contributed by atoms with van der Waals surface area (Å²) in [4.78, 5) is 24.0. The molecular weight excluding hydrogens is 323 g/mol. The van der Waals surface area contributed by atoms with Crippen LogP contribution in [-0.4, -0.2) is 11.8 Å². The number of fused-ring (bicyclic) bond motifs is 2. The SMILES string of the molecule is O=C(C[C@@H]1C[C@H]2CC[C@@H]1C2)NNC(=O)c1cc(Cl)ccc1Cl. The van der Waals surface area contributed by atoms with Gasteiger partial charge < -0.3 is 0 Å². The van der Waals surface area contributed by atoms with Crippen molar-refractivity contribution in [2.75, 3.05) is 0 Å². The third-order valence-electron chi connectivity index (χ3n) is 4.82. The van der Waals surface area contributed by atoms with E-state index in [1.807, 2.05) is 0 Å². The van der Waals surface area contributed by atoms with E-state index in [1.165, 1.54) is 25.3 Å². The first-order valence-electron chi connectivity index (χ1n) is 7.57. The minimum atomic E-state index is -0.464. The van der Waals surface area contributed by atoms with E-state index in [2.05, 4.69) is 10.9 Å². The monoisotopic (exact) mass is 340 g/mol. The number of benzene rings is 1. The Hall–Kier alpha value is -1.26. The molecule has 3 rings (SSSR count). The number of halogens is 2. The summed E-state index contributed by atoms with van der Waals surface area (Å²) in [5.74, 6) is 1.35. The van der Waals surface area contributed by atoms with Gasteiger partial charge in [-0.25, -0.2) is 0 Å². The largest absolute Gasteiger partial charge is 0.273 e. The van der Waals surface area contributed by atoms with Crippen LogP contribution in [0.1, 0.15) is 42.5 Å². The van der Waals surface area contributed by atoms with Gasteiger partial charge >= 0.3 is 0 Å². The van der Waals surface area contributed by atoms with Crippen LogP contribution in [0.2, 0.25) is 10.0 Å². The van der Waals surface area contributed by atoms with Crippen LogP contribution >= 0.6 is 23.2 Å². The molecule has 2 aliphatic carbocycles. The summed E-state index contributed by atoms with van der Waals surface area (Å²) < 4.78 is 0. The Morgan fingerprint density at radius 1 is 1.14 bits per heavy atom. The molecule has 1 aromatic rings. The zero-order chi connectivity index (χ0) is 15.7. The van der Waals surface area contributed by atoms with Gasteiger partial charge in [-0.3, -0.25) is 20.4 Å². The van der Waals surface area contributed by atoms with Gasteiger partial charge in [0.2, 0.25) is 5.91 Å². The Bertz CT molecular complexity index is 606. The van der Waals surface area contributed by atoms with Crippen LogP contribution in [0.25, 0.3) is 0 Å². The molecule has 2 aliphatic rings. The quantitative estimate of drug-likeness (QED) is 0.826. The summed E-state index contributed by atoms with van der Waals surface area (Å²) in [7, 11) is 0. The van der Waals surface area contributed by atoms with Gasteiger partial charge in [0.05, 0.1) is 10.6 Å². The summed E-state index contributed by atoms with van der Waals surface area (Å²) >= 11 is 11.8. The van der Waals surface area contributed by atoms with E-state index in [-0.39, 0.29) is 11.5 Å².